The van der Waals surface area contributed by atoms with E-state index >= 15 is 0 Å². The summed E-state index contributed by atoms with van der Waals surface area (Å²) in [5.41, 5.74) is 0.188. The first-order valence-corrected chi connectivity index (χ1v) is 5.88. The highest BCUT2D eigenvalue weighted by molar-refractivity contribution is 9.11. The molecule has 1 aromatic carbocycles. The summed E-state index contributed by atoms with van der Waals surface area (Å²) in [7, 11) is 0. The van der Waals surface area contributed by atoms with E-state index < -0.39 is 5.97 Å². The van der Waals surface area contributed by atoms with E-state index in [-0.39, 0.29) is 5.56 Å². The van der Waals surface area contributed by atoms with Crippen molar-refractivity contribution < 1.29 is 14.6 Å². The number of nitrogens with zero attached hydrogens (tertiary/aromatic N) is 1. The number of carbonyl (C=O) groups is 1. The van der Waals surface area contributed by atoms with Crippen LogP contribution in [0.15, 0.2) is 34.2 Å². The molecule has 0 fully saturated rings. The summed E-state index contributed by atoms with van der Waals surface area (Å²) in [5.74, 6) is -0.521. The number of ether oxygens (including phenoxy) is 1. The van der Waals surface area contributed by atoms with E-state index in [4.69, 9.17) is 9.84 Å². The van der Waals surface area contributed by atoms with Gasteiger partial charge in [-0.25, -0.2) is 9.78 Å². The van der Waals surface area contributed by atoms with E-state index in [0.717, 1.165) is 3.79 Å². The molecule has 0 amide bonds. The molecule has 0 aliphatic heterocycles. The van der Waals surface area contributed by atoms with Gasteiger partial charge in [0.05, 0.1) is 15.5 Å². The molecule has 0 aliphatic carbocycles. The predicted molar refractivity (Wildman–Crippen MR) is 63.3 cm³/mol. The number of benzene rings is 1. The first-order chi connectivity index (χ1) is 7.65. The molecule has 0 bridgehead atoms. The summed E-state index contributed by atoms with van der Waals surface area (Å²) in [5, 5.41) is 9.27. The lowest BCUT2D eigenvalue weighted by atomic mass is 10.2. The van der Waals surface area contributed by atoms with Crippen LogP contribution in [0.1, 0.15) is 10.4 Å². The second-order valence-corrected chi connectivity index (χ2v) is 5.24. The fourth-order valence-electron chi connectivity index (χ4n) is 1.08. The Morgan fingerprint density at radius 3 is 2.94 bits per heavy atom. The lowest BCUT2D eigenvalue weighted by Crippen LogP contribution is -1.95. The summed E-state index contributed by atoms with van der Waals surface area (Å²) >= 11 is 4.60. The maximum atomic E-state index is 10.7. The monoisotopic (exact) mass is 299 g/mol. The standard InChI is InChI=1S/C10H6BrNO3S/c11-8-5-12-10(16-8)15-7-3-1-2-6(4-7)9(13)14/h1-5H,(H,13,14). The van der Waals surface area contributed by atoms with Crippen LogP contribution in [0.4, 0.5) is 0 Å². The van der Waals surface area contributed by atoms with E-state index in [1.165, 1.54) is 23.5 Å². The number of carboxylic acid groups (broad SMARTS) is 1. The van der Waals surface area contributed by atoms with Crippen molar-refractivity contribution in [1.82, 2.24) is 4.98 Å². The van der Waals surface area contributed by atoms with E-state index in [1.807, 2.05) is 0 Å². The SMILES string of the molecule is O=C(O)c1cccc(Oc2ncc(Br)s2)c1. The molecule has 6 heteroatoms. The van der Waals surface area contributed by atoms with Gasteiger partial charge in [-0.15, -0.1) is 0 Å². The minimum atomic E-state index is -0.981. The molecule has 0 spiro atoms. The molecule has 4 nitrogen and oxygen atoms in total. The van der Waals surface area contributed by atoms with Crippen molar-refractivity contribution in [3.8, 4) is 10.9 Å². The number of aromatic nitrogens is 1. The molecule has 1 N–H and O–H groups in total. The highest BCUT2D eigenvalue weighted by atomic mass is 79.9. The largest absolute Gasteiger partial charge is 0.478 e. The summed E-state index contributed by atoms with van der Waals surface area (Å²) in [6.45, 7) is 0. The molecule has 2 rings (SSSR count). The number of carboxylic acids is 1. The normalized spacial score (nSPS) is 10.1. The summed E-state index contributed by atoms with van der Waals surface area (Å²) in [6, 6.07) is 6.27. The molecule has 0 unspecified atom stereocenters. The first kappa shape index (κ1) is 11.1. The molecule has 0 saturated heterocycles. The molecule has 2 aromatic rings. The Hall–Kier alpha value is -1.40. The van der Waals surface area contributed by atoms with Crippen molar-refractivity contribution in [2.45, 2.75) is 0 Å². The van der Waals surface area contributed by atoms with E-state index in [1.54, 1.807) is 18.3 Å². The second-order valence-electron chi connectivity index (χ2n) is 2.87. The van der Waals surface area contributed by atoms with E-state index in [9.17, 15) is 4.79 Å². The molecule has 0 radical (unpaired) electrons. The Kier molecular flexibility index (Phi) is 3.21. The van der Waals surface area contributed by atoms with Crippen LogP contribution < -0.4 is 4.74 Å². The van der Waals surface area contributed by atoms with Crippen LogP contribution in [0.25, 0.3) is 0 Å². The van der Waals surface area contributed by atoms with Gasteiger partial charge in [-0.2, -0.15) is 0 Å². The number of aromatic carboxylic acids is 1. The Bertz CT molecular complexity index is 526. The van der Waals surface area contributed by atoms with Gasteiger partial charge in [-0.1, -0.05) is 17.4 Å². The lowest BCUT2D eigenvalue weighted by Gasteiger charge is -2.01. The zero-order valence-corrected chi connectivity index (χ0v) is 10.3. The zero-order valence-electron chi connectivity index (χ0n) is 7.88. The van der Waals surface area contributed by atoms with Crippen LogP contribution in [-0.2, 0) is 0 Å². The Balaban J connectivity index is 2.21. The minimum Gasteiger partial charge on any atom is -0.478 e. The van der Waals surface area contributed by atoms with Gasteiger partial charge in [0.25, 0.3) is 5.19 Å². The molecule has 1 heterocycles. The molecular weight excluding hydrogens is 294 g/mol. The maximum Gasteiger partial charge on any atom is 0.335 e. The van der Waals surface area contributed by atoms with Gasteiger partial charge in [-0.05, 0) is 34.1 Å². The smallest absolute Gasteiger partial charge is 0.335 e. The highest BCUT2D eigenvalue weighted by Gasteiger charge is 2.06. The number of hydrogen-bond acceptors (Lipinski definition) is 4. The van der Waals surface area contributed by atoms with Gasteiger partial charge in [0.15, 0.2) is 0 Å². The van der Waals surface area contributed by atoms with Crippen LogP contribution in [0.2, 0.25) is 0 Å². The average molecular weight is 300 g/mol. The van der Waals surface area contributed by atoms with Crippen molar-refractivity contribution in [3.63, 3.8) is 0 Å². The van der Waals surface area contributed by atoms with E-state index in [0.29, 0.717) is 10.9 Å². The van der Waals surface area contributed by atoms with Crippen molar-refractivity contribution in [2.75, 3.05) is 0 Å². The topological polar surface area (TPSA) is 59.4 Å². The molecular formula is C10H6BrNO3S. The molecule has 0 atom stereocenters. The Labute approximate surface area is 104 Å². The van der Waals surface area contributed by atoms with Crippen LogP contribution in [0, 0.1) is 0 Å². The van der Waals surface area contributed by atoms with Gasteiger partial charge in [0, 0.05) is 0 Å². The lowest BCUT2D eigenvalue weighted by molar-refractivity contribution is 0.0696. The molecule has 0 saturated carbocycles. The Morgan fingerprint density at radius 2 is 2.31 bits per heavy atom. The summed E-state index contributed by atoms with van der Waals surface area (Å²) < 4.78 is 6.26. The van der Waals surface area contributed by atoms with E-state index in [2.05, 4.69) is 20.9 Å². The molecule has 0 aliphatic rings. The fraction of sp³-hybridized carbons (Fsp3) is 0. The zero-order chi connectivity index (χ0) is 11.5. The Morgan fingerprint density at radius 1 is 1.50 bits per heavy atom. The number of halogens is 1. The molecule has 82 valence electrons. The third-order valence-electron chi connectivity index (χ3n) is 1.74. The van der Waals surface area contributed by atoms with Crippen molar-refractivity contribution in [2.24, 2.45) is 0 Å². The molecule has 1 aromatic heterocycles. The van der Waals surface area contributed by atoms with Crippen LogP contribution in [0.5, 0.6) is 10.9 Å². The minimum absolute atomic E-state index is 0.188. The van der Waals surface area contributed by atoms with Gasteiger partial charge in [0.1, 0.15) is 5.75 Å². The quantitative estimate of drug-likeness (QED) is 0.944. The maximum absolute atomic E-state index is 10.7. The number of thiazole rings is 1. The summed E-state index contributed by atoms with van der Waals surface area (Å²) in [4.78, 5) is 14.7. The first-order valence-electron chi connectivity index (χ1n) is 4.28. The van der Waals surface area contributed by atoms with Crippen molar-refractivity contribution in [1.29, 1.82) is 0 Å². The number of rotatable bonds is 3. The van der Waals surface area contributed by atoms with Gasteiger partial charge >= 0.3 is 5.97 Å². The number of hydrogen-bond donors (Lipinski definition) is 1. The second kappa shape index (κ2) is 4.63. The van der Waals surface area contributed by atoms with Crippen LogP contribution in [-0.4, -0.2) is 16.1 Å². The van der Waals surface area contributed by atoms with Crippen LogP contribution >= 0.6 is 27.3 Å². The van der Waals surface area contributed by atoms with Gasteiger partial charge in [0.2, 0.25) is 0 Å². The summed E-state index contributed by atoms with van der Waals surface area (Å²) in [6.07, 6.45) is 1.63. The van der Waals surface area contributed by atoms with Crippen molar-refractivity contribution in [3.05, 3.63) is 39.8 Å². The predicted octanol–water partition coefficient (Wildman–Crippen LogP) is 3.40. The average Bonchev–Trinajstić information content (AvgIpc) is 2.64. The van der Waals surface area contributed by atoms with Gasteiger partial charge < -0.3 is 9.84 Å². The third kappa shape index (κ3) is 2.59. The molecule has 16 heavy (non-hydrogen) atoms. The van der Waals surface area contributed by atoms with Crippen molar-refractivity contribution >= 4 is 33.2 Å². The van der Waals surface area contributed by atoms with Gasteiger partial charge in [-0.3, -0.25) is 0 Å². The fourth-order valence-corrected chi connectivity index (χ4v) is 2.11. The van der Waals surface area contributed by atoms with Crippen LogP contribution in [0.3, 0.4) is 0 Å². The highest BCUT2D eigenvalue weighted by Crippen LogP contribution is 2.29. The third-order valence-corrected chi connectivity index (χ3v) is 3.10.